The van der Waals surface area contributed by atoms with Crippen LogP contribution in [-0.4, -0.2) is 24.9 Å². The van der Waals surface area contributed by atoms with Gasteiger partial charge in [0, 0.05) is 31.9 Å². The van der Waals surface area contributed by atoms with E-state index in [1.807, 2.05) is 0 Å². The first-order valence-corrected chi connectivity index (χ1v) is 11.3. The second-order valence-electron chi connectivity index (χ2n) is 7.16. The largest absolute Gasteiger partial charge is 0.486 e. The zero-order chi connectivity index (χ0) is 23.9. The van der Waals surface area contributed by atoms with Crippen LogP contribution in [0.15, 0.2) is 41.8 Å². The number of methoxy groups -OCH3 is 1. The maximum absolute atomic E-state index is 14.8. The molecule has 0 radical (unpaired) electrons. The van der Waals surface area contributed by atoms with E-state index in [1.54, 1.807) is 25.1 Å². The van der Waals surface area contributed by atoms with Gasteiger partial charge in [-0.1, -0.05) is 29.3 Å². The number of hydrogen-bond acceptors (Lipinski definition) is 6. The summed E-state index contributed by atoms with van der Waals surface area (Å²) in [4.78, 5) is 39.2. The van der Waals surface area contributed by atoms with Crippen LogP contribution in [0.5, 0.6) is 5.75 Å². The Balaban J connectivity index is 1.70. The Kier molecular flexibility index (Phi) is 6.43. The number of carbonyl (C=O) groups excluding carboxylic acids is 3. The minimum absolute atomic E-state index is 0.0355. The highest BCUT2D eigenvalue weighted by Gasteiger charge is 2.38. The van der Waals surface area contributed by atoms with Crippen LogP contribution in [0.3, 0.4) is 0 Å². The predicted octanol–water partition coefficient (Wildman–Crippen LogP) is 5.85. The molecular formula is C23H16Cl2FNO5S. The summed E-state index contributed by atoms with van der Waals surface area (Å²) in [6.07, 6.45) is -0.759. The molecule has 1 atom stereocenters. The summed E-state index contributed by atoms with van der Waals surface area (Å²) in [5, 5.41) is 2.26. The monoisotopic (exact) mass is 507 g/mol. The van der Waals surface area contributed by atoms with Crippen molar-refractivity contribution in [1.82, 2.24) is 0 Å². The van der Waals surface area contributed by atoms with Gasteiger partial charge in [0.2, 0.25) is 5.91 Å². The van der Waals surface area contributed by atoms with Gasteiger partial charge in [-0.15, -0.1) is 11.3 Å². The molecule has 1 aromatic heterocycles. The number of fused-ring (bicyclic) bond motifs is 1. The Labute approximate surface area is 202 Å². The van der Waals surface area contributed by atoms with Crippen molar-refractivity contribution in [3.63, 3.8) is 0 Å². The van der Waals surface area contributed by atoms with Gasteiger partial charge < -0.3 is 9.47 Å². The Morgan fingerprint density at radius 3 is 2.55 bits per heavy atom. The topological polar surface area (TPSA) is 72.9 Å². The van der Waals surface area contributed by atoms with Crippen LogP contribution in [0.25, 0.3) is 0 Å². The van der Waals surface area contributed by atoms with Crippen molar-refractivity contribution in [3.05, 3.63) is 79.2 Å². The highest BCUT2D eigenvalue weighted by molar-refractivity contribution is 7.11. The van der Waals surface area contributed by atoms with Crippen LogP contribution in [0.4, 0.5) is 10.1 Å². The average Bonchev–Trinajstić information content (AvgIpc) is 3.19. The van der Waals surface area contributed by atoms with Gasteiger partial charge in [0.15, 0.2) is 0 Å². The van der Waals surface area contributed by atoms with E-state index in [1.165, 1.54) is 24.6 Å². The number of ether oxygens (including phenoxy) is 2. The Morgan fingerprint density at radius 1 is 1.18 bits per heavy atom. The molecule has 2 aromatic carbocycles. The number of hydrogen-bond donors (Lipinski definition) is 0. The number of benzene rings is 2. The molecule has 1 aliphatic rings. The Hall–Kier alpha value is -2.94. The third-order valence-corrected chi connectivity index (χ3v) is 6.77. The molecule has 0 fully saturated rings. The molecule has 0 saturated heterocycles. The van der Waals surface area contributed by atoms with Gasteiger partial charge in [-0.3, -0.25) is 9.59 Å². The highest BCUT2D eigenvalue weighted by Crippen LogP contribution is 2.37. The molecule has 0 saturated carbocycles. The van der Waals surface area contributed by atoms with Crippen molar-refractivity contribution in [1.29, 1.82) is 0 Å². The number of halogens is 3. The molecule has 33 heavy (non-hydrogen) atoms. The fourth-order valence-electron chi connectivity index (χ4n) is 3.61. The highest BCUT2D eigenvalue weighted by atomic mass is 35.5. The molecule has 2 amide bonds. The number of rotatable bonds is 5. The van der Waals surface area contributed by atoms with E-state index in [0.717, 1.165) is 22.3 Å². The van der Waals surface area contributed by atoms with Crippen molar-refractivity contribution in [2.24, 2.45) is 0 Å². The normalized spacial score (nSPS) is 14.2. The summed E-state index contributed by atoms with van der Waals surface area (Å²) in [5.41, 5.74) is 0.332. The van der Waals surface area contributed by atoms with Gasteiger partial charge in [-0.05, 0) is 31.2 Å². The quantitative estimate of drug-likeness (QED) is 0.320. The van der Waals surface area contributed by atoms with Gasteiger partial charge in [-0.25, -0.2) is 14.1 Å². The molecule has 2 heterocycles. The first-order chi connectivity index (χ1) is 15.7. The molecular weight excluding hydrogens is 492 g/mol. The molecule has 6 nitrogen and oxygen atoms in total. The van der Waals surface area contributed by atoms with E-state index in [-0.39, 0.29) is 29.0 Å². The van der Waals surface area contributed by atoms with Gasteiger partial charge in [0.05, 0.1) is 30.3 Å². The minimum atomic E-state index is -0.804. The van der Waals surface area contributed by atoms with Gasteiger partial charge in [-0.2, -0.15) is 0 Å². The fraction of sp³-hybridized carbons (Fsp3) is 0.174. The van der Waals surface area contributed by atoms with E-state index < -0.39 is 29.7 Å². The number of nitrogens with zero attached hydrogens (tertiary/aromatic N) is 1. The lowest BCUT2D eigenvalue weighted by Gasteiger charge is -2.26. The standard InChI is InChI=1S/C23H16Cl2FNO5S/c1-11(20-14(24)4-3-5-15(20)25)32-12-6-7-16(26)17(8-12)27-19(28)9-18-21(22(27)29)13(10-33-18)23(30)31-2/h3-8,10-11H,9H2,1-2H3. The van der Waals surface area contributed by atoms with E-state index in [0.29, 0.717) is 20.5 Å². The number of carbonyl (C=O) groups is 3. The smallest absolute Gasteiger partial charge is 0.339 e. The van der Waals surface area contributed by atoms with Crippen LogP contribution in [0, 0.1) is 5.82 Å². The fourth-order valence-corrected chi connectivity index (χ4v) is 5.31. The van der Waals surface area contributed by atoms with E-state index in [4.69, 9.17) is 32.7 Å². The minimum Gasteiger partial charge on any atom is -0.486 e. The van der Waals surface area contributed by atoms with Gasteiger partial charge >= 0.3 is 5.97 Å². The summed E-state index contributed by atoms with van der Waals surface area (Å²) in [6, 6.07) is 8.75. The van der Waals surface area contributed by atoms with Crippen LogP contribution in [0.2, 0.25) is 10.0 Å². The molecule has 0 N–H and O–H groups in total. The van der Waals surface area contributed by atoms with E-state index >= 15 is 0 Å². The summed E-state index contributed by atoms with van der Waals surface area (Å²) in [7, 11) is 1.19. The predicted molar refractivity (Wildman–Crippen MR) is 123 cm³/mol. The lowest BCUT2D eigenvalue weighted by Crippen LogP contribution is -2.43. The first-order valence-electron chi connectivity index (χ1n) is 9.69. The summed E-state index contributed by atoms with van der Waals surface area (Å²) >= 11 is 13.6. The lowest BCUT2D eigenvalue weighted by atomic mass is 10.0. The zero-order valence-corrected chi connectivity index (χ0v) is 19.7. The third kappa shape index (κ3) is 4.21. The number of anilines is 1. The molecule has 1 unspecified atom stereocenters. The van der Waals surface area contributed by atoms with Crippen LogP contribution in [0.1, 0.15) is 44.2 Å². The maximum Gasteiger partial charge on any atom is 0.339 e. The molecule has 10 heteroatoms. The van der Waals surface area contributed by atoms with Gasteiger partial charge in [0.25, 0.3) is 5.91 Å². The molecule has 0 bridgehead atoms. The third-order valence-electron chi connectivity index (χ3n) is 5.13. The van der Waals surface area contributed by atoms with Crippen molar-refractivity contribution in [2.75, 3.05) is 12.0 Å². The van der Waals surface area contributed by atoms with Crippen molar-refractivity contribution in [2.45, 2.75) is 19.4 Å². The molecule has 170 valence electrons. The number of amides is 2. The first kappa shape index (κ1) is 23.2. The summed E-state index contributed by atoms with van der Waals surface area (Å²) in [5.74, 6) is -2.74. The average molecular weight is 508 g/mol. The van der Waals surface area contributed by atoms with Crippen LogP contribution >= 0.6 is 34.5 Å². The van der Waals surface area contributed by atoms with Crippen LogP contribution in [-0.2, 0) is 16.0 Å². The second-order valence-corrected chi connectivity index (χ2v) is 8.94. The Morgan fingerprint density at radius 2 is 1.88 bits per heavy atom. The van der Waals surface area contributed by atoms with Crippen LogP contribution < -0.4 is 9.64 Å². The lowest BCUT2D eigenvalue weighted by molar-refractivity contribution is -0.117. The van der Waals surface area contributed by atoms with E-state index in [9.17, 15) is 18.8 Å². The second kappa shape index (κ2) is 9.13. The number of esters is 1. The number of imide groups is 1. The number of thiophene rings is 1. The molecule has 0 spiro atoms. The van der Waals surface area contributed by atoms with Crippen molar-refractivity contribution >= 4 is 58.0 Å². The van der Waals surface area contributed by atoms with Crippen molar-refractivity contribution in [3.8, 4) is 5.75 Å². The molecule has 1 aliphatic heterocycles. The molecule has 0 aliphatic carbocycles. The summed E-state index contributed by atoms with van der Waals surface area (Å²) < 4.78 is 25.4. The molecule has 4 rings (SSSR count). The summed E-state index contributed by atoms with van der Waals surface area (Å²) in [6.45, 7) is 1.72. The maximum atomic E-state index is 14.8. The Bertz CT molecular complexity index is 1270. The van der Waals surface area contributed by atoms with Crippen molar-refractivity contribution < 1.29 is 28.2 Å². The zero-order valence-electron chi connectivity index (χ0n) is 17.4. The van der Waals surface area contributed by atoms with Gasteiger partial charge in [0.1, 0.15) is 17.7 Å². The van der Waals surface area contributed by atoms with E-state index in [2.05, 4.69) is 0 Å². The molecule has 3 aromatic rings. The SMILES string of the molecule is COC(=O)c1csc2c1C(=O)N(c1cc(OC(C)c3c(Cl)cccc3Cl)ccc1F)C(=O)C2.